The van der Waals surface area contributed by atoms with Gasteiger partial charge in [-0.25, -0.2) is 0 Å². The Morgan fingerprint density at radius 2 is 0.520 bits per heavy atom. The molecule has 0 heterocycles. The Labute approximate surface area is 464 Å². The third-order valence-electron chi connectivity index (χ3n) is 13.6. The molecule has 0 fully saturated rings. The second-order valence-electron chi connectivity index (χ2n) is 20.9. The molecule has 1 unspecified atom stereocenters. The summed E-state index contributed by atoms with van der Waals surface area (Å²) >= 11 is 0. The Morgan fingerprint density at radius 1 is 0.280 bits per heavy atom. The molecule has 0 amide bonds. The number of hydrogen-bond acceptors (Lipinski definition) is 6. The van der Waals surface area contributed by atoms with Gasteiger partial charge in [-0.2, -0.15) is 0 Å². The van der Waals surface area contributed by atoms with Gasteiger partial charge in [0, 0.05) is 19.3 Å². The van der Waals surface area contributed by atoms with E-state index in [1.165, 1.54) is 148 Å². The van der Waals surface area contributed by atoms with Crippen molar-refractivity contribution >= 4 is 17.9 Å². The monoisotopic (exact) mass is 1040 g/mol. The molecule has 0 aromatic rings. The van der Waals surface area contributed by atoms with Gasteiger partial charge in [-0.15, -0.1) is 0 Å². The zero-order valence-corrected chi connectivity index (χ0v) is 49.3. The fraction of sp³-hybridized carbons (Fsp3) is 0.725. The predicted molar refractivity (Wildman–Crippen MR) is 325 cm³/mol. The average molecular weight is 1040 g/mol. The SMILES string of the molecule is CC/C=C\C/C=C\C/C=C\CCCCCCCCCC(=O)OCC(COC(=O)CCCCCCCCCCCCC/C=C\C/C=C\CCCCCCC)OC(=O)CCCCCCCCC/C=C\C/C=C\C/C=C\CC. The second kappa shape index (κ2) is 62.9. The number of ether oxygens (including phenoxy) is 3. The molecule has 0 saturated heterocycles. The molecular weight excluding hydrogens is 925 g/mol. The largest absolute Gasteiger partial charge is 0.462 e. The highest BCUT2D eigenvalue weighted by Gasteiger charge is 2.19. The van der Waals surface area contributed by atoms with E-state index in [9.17, 15) is 14.4 Å². The molecule has 0 rings (SSSR count). The van der Waals surface area contributed by atoms with E-state index in [1.807, 2.05) is 0 Å². The summed E-state index contributed by atoms with van der Waals surface area (Å²) < 4.78 is 16.9. The maximum absolute atomic E-state index is 12.9. The standard InChI is InChI=1S/C69H118O6/c1-4-7-10-13-16-19-22-25-28-31-32-33-34-35-36-39-41-44-47-50-53-56-59-62-68(71)74-65-66(75-69(72)63-60-57-54-51-48-45-42-38-30-27-24-21-18-15-12-9-6-3)64-73-67(70)61-58-55-52-49-46-43-40-37-29-26-23-20-17-14-11-8-5-2/h8-9,11-12,17-18,20-22,25-27,29-32,66H,4-7,10,13-16,19,23-24,28,33-65H2,1-3H3/b11-8-,12-9-,20-17-,21-18-,25-22-,29-26-,30-27-,32-31-. The van der Waals surface area contributed by atoms with E-state index < -0.39 is 6.10 Å². The molecule has 0 N–H and O–H groups in total. The second-order valence-corrected chi connectivity index (χ2v) is 20.9. The van der Waals surface area contributed by atoms with Gasteiger partial charge >= 0.3 is 17.9 Å². The number of esters is 3. The van der Waals surface area contributed by atoms with E-state index in [1.54, 1.807) is 0 Å². The molecule has 0 radical (unpaired) electrons. The molecule has 0 saturated carbocycles. The van der Waals surface area contributed by atoms with E-state index >= 15 is 0 Å². The maximum atomic E-state index is 12.9. The van der Waals surface area contributed by atoms with Crippen LogP contribution in [0.2, 0.25) is 0 Å². The van der Waals surface area contributed by atoms with Crippen molar-refractivity contribution in [3.05, 3.63) is 97.2 Å². The van der Waals surface area contributed by atoms with Crippen LogP contribution in [0.3, 0.4) is 0 Å². The van der Waals surface area contributed by atoms with Crippen molar-refractivity contribution in [3.63, 3.8) is 0 Å². The quantitative estimate of drug-likeness (QED) is 0.0261. The van der Waals surface area contributed by atoms with Gasteiger partial charge < -0.3 is 14.2 Å². The predicted octanol–water partition coefficient (Wildman–Crippen LogP) is 21.7. The highest BCUT2D eigenvalue weighted by molar-refractivity contribution is 5.71. The van der Waals surface area contributed by atoms with E-state index in [0.29, 0.717) is 19.3 Å². The van der Waals surface area contributed by atoms with Gasteiger partial charge in [0.1, 0.15) is 13.2 Å². The highest BCUT2D eigenvalue weighted by atomic mass is 16.6. The Morgan fingerprint density at radius 3 is 0.813 bits per heavy atom. The van der Waals surface area contributed by atoms with Gasteiger partial charge in [0.25, 0.3) is 0 Å². The van der Waals surface area contributed by atoms with Gasteiger partial charge in [-0.3, -0.25) is 14.4 Å². The lowest BCUT2D eigenvalue weighted by molar-refractivity contribution is -0.167. The Hall–Kier alpha value is -3.67. The number of hydrogen-bond donors (Lipinski definition) is 0. The molecule has 6 heteroatoms. The summed E-state index contributed by atoms with van der Waals surface area (Å²) in [6, 6.07) is 0. The fourth-order valence-electron chi connectivity index (χ4n) is 8.86. The first kappa shape index (κ1) is 71.3. The average Bonchev–Trinajstić information content (AvgIpc) is 3.41. The van der Waals surface area contributed by atoms with Crippen molar-refractivity contribution in [1.29, 1.82) is 0 Å². The van der Waals surface area contributed by atoms with E-state index in [0.717, 1.165) is 116 Å². The highest BCUT2D eigenvalue weighted by Crippen LogP contribution is 2.16. The summed E-state index contributed by atoms with van der Waals surface area (Å²) in [6.45, 7) is 6.42. The Balaban J connectivity index is 4.37. The van der Waals surface area contributed by atoms with E-state index in [4.69, 9.17) is 14.2 Å². The van der Waals surface area contributed by atoms with Crippen LogP contribution in [0.5, 0.6) is 0 Å². The van der Waals surface area contributed by atoms with Crippen LogP contribution >= 0.6 is 0 Å². The van der Waals surface area contributed by atoms with E-state index in [2.05, 4.69) is 118 Å². The first-order valence-corrected chi connectivity index (χ1v) is 31.7. The van der Waals surface area contributed by atoms with Crippen LogP contribution in [-0.2, 0) is 28.6 Å². The minimum Gasteiger partial charge on any atom is -0.462 e. The molecule has 0 aliphatic heterocycles. The first-order valence-electron chi connectivity index (χ1n) is 31.7. The molecule has 1 atom stereocenters. The topological polar surface area (TPSA) is 78.9 Å². The summed E-state index contributed by atoms with van der Waals surface area (Å²) in [7, 11) is 0. The summed E-state index contributed by atoms with van der Waals surface area (Å²) in [5.74, 6) is -0.898. The molecular formula is C69H118O6. The molecule has 0 spiro atoms. The summed E-state index contributed by atoms with van der Waals surface area (Å²) in [6.07, 6.45) is 84.1. The van der Waals surface area contributed by atoms with Crippen molar-refractivity contribution in [3.8, 4) is 0 Å². The van der Waals surface area contributed by atoms with Crippen LogP contribution in [0, 0.1) is 0 Å². The number of unbranched alkanes of at least 4 members (excludes halogenated alkanes) is 30. The van der Waals surface area contributed by atoms with Crippen molar-refractivity contribution in [2.24, 2.45) is 0 Å². The van der Waals surface area contributed by atoms with Crippen LogP contribution in [-0.4, -0.2) is 37.2 Å². The summed E-state index contributed by atoms with van der Waals surface area (Å²) in [4.78, 5) is 38.3. The molecule has 6 nitrogen and oxygen atoms in total. The molecule has 0 bridgehead atoms. The first-order chi connectivity index (χ1) is 37.0. The number of rotatable bonds is 57. The third kappa shape index (κ3) is 61.1. The molecule has 0 aliphatic rings. The summed E-state index contributed by atoms with van der Waals surface area (Å²) in [5, 5.41) is 0. The molecule has 75 heavy (non-hydrogen) atoms. The van der Waals surface area contributed by atoms with Gasteiger partial charge in [-0.05, 0) is 116 Å². The van der Waals surface area contributed by atoms with Gasteiger partial charge in [0.05, 0.1) is 0 Å². The Kier molecular flexibility index (Phi) is 59.8. The molecule has 0 aromatic heterocycles. The minimum absolute atomic E-state index is 0.0855. The van der Waals surface area contributed by atoms with Gasteiger partial charge in [0.15, 0.2) is 6.10 Å². The van der Waals surface area contributed by atoms with Crippen molar-refractivity contribution < 1.29 is 28.6 Å². The number of carbonyl (C=O) groups is 3. The van der Waals surface area contributed by atoms with Crippen LogP contribution in [0.15, 0.2) is 97.2 Å². The van der Waals surface area contributed by atoms with Crippen LogP contribution in [0.4, 0.5) is 0 Å². The normalized spacial score (nSPS) is 12.7. The minimum atomic E-state index is -0.790. The smallest absolute Gasteiger partial charge is 0.306 e. The zero-order chi connectivity index (χ0) is 54.3. The van der Waals surface area contributed by atoms with Crippen LogP contribution in [0.25, 0.3) is 0 Å². The lowest BCUT2D eigenvalue weighted by atomic mass is 10.0. The van der Waals surface area contributed by atoms with Gasteiger partial charge in [-0.1, -0.05) is 266 Å². The molecule has 0 aliphatic carbocycles. The van der Waals surface area contributed by atoms with Gasteiger partial charge in [0.2, 0.25) is 0 Å². The lowest BCUT2D eigenvalue weighted by Crippen LogP contribution is -2.30. The number of allylic oxidation sites excluding steroid dienone is 16. The molecule has 0 aromatic carbocycles. The Bertz CT molecular complexity index is 1480. The third-order valence-corrected chi connectivity index (χ3v) is 13.6. The van der Waals surface area contributed by atoms with Crippen LogP contribution < -0.4 is 0 Å². The molecule has 430 valence electrons. The van der Waals surface area contributed by atoms with Crippen LogP contribution in [0.1, 0.15) is 303 Å². The number of carbonyl (C=O) groups excluding carboxylic acids is 3. The van der Waals surface area contributed by atoms with Crippen molar-refractivity contribution in [1.82, 2.24) is 0 Å². The van der Waals surface area contributed by atoms with Crippen molar-refractivity contribution in [2.75, 3.05) is 13.2 Å². The maximum Gasteiger partial charge on any atom is 0.306 e. The lowest BCUT2D eigenvalue weighted by Gasteiger charge is -2.18. The van der Waals surface area contributed by atoms with Crippen molar-refractivity contribution in [2.45, 2.75) is 309 Å². The summed E-state index contributed by atoms with van der Waals surface area (Å²) in [5.41, 5.74) is 0. The fourth-order valence-corrected chi connectivity index (χ4v) is 8.86. The van der Waals surface area contributed by atoms with E-state index in [-0.39, 0.29) is 31.1 Å². The zero-order valence-electron chi connectivity index (χ0n) is 49.3.